The molecule has 114 valence electrons. The average Bonchev–Trinajstić information content (AvgIpc) is 2.85. The molecule has 2 heterocycles. The Labute approximate surface area is 125 Å². The second-order valence-corrected chi connectivity index (χ2v) is 5.58. The second kappa shape index (κ2) is 6.91. The number of piperidine rings is 1. The van der Waals surface area contributed by atoms with E-state index in [-0.39, 0.29) is 0 Å². The lowest BCUT2D eigenvalue weighted by Gasteiger charge is -2.22. The van der Waals surface area contributed by atoms with Crippen molar-refractivity contribution in [3.8, 4) is 0 Å². The van der Waals surface area contributed by atoms with Gasteiger partial charge >= 0.3 is 0 Å². The third kappa shape index (κ3) is 3.54. The lowest BCUT2D eigenvalue weighted by Crippen LogP contribution is -2.32. The zero-order chi connectivity index (χ0) is 14.5. The van der Waals surface area contributed by atoms with E-state index < -0.39 is 0 Å². The van der Waals surface area contributed by atoms with Crippen LogP contribution in [-0.2, 0) is 11.8 Å². The summed E-state index contributed by atoms with van der Waals surface area (Å²) < 4.78 is 8.00. The van der Waals surface area contributed by atoms with E-state index in [2.05, 4.69) is 26.3 Å². The van der Waals surface area contributed by atoms with E-state index in [0.29, 0.717) is 6.10 Å². The van der Waals surface area contributed by atoms with Gasteiger partial charge < -0.3 is 19.9 Å². The zero-order valence-corrected chi connectivity index (χ0v) is 12.6. The van der Waals surface area contributed by atoms with Crippen LogP contribution >= 0.6 is 0 Å². The summed E-state index contributed by atoms with van der Waals surface area (Å²) >= 11 is 0. The summed E-state index contributed by atoms with van der Waals surface area (Å²) in [5.41, 5.74) is 2.19. The molecule has 21 heavy (non-hydrogen) atoms. The third-order valence-corrected chi connectivity index (χ3v) is 4.03. The molecule has 2 N–H and O–H groups in total. The molecule has 1 aromatic carbocycles. The standard InChI is InChI=1S/C16H24N4O/c1-20-15-6-3-2-5-14(15)19-16(20)18-9-4-12-21-13-7-10-17-11-8-13/h2-3,5-6,13,17H,4,7-12H2,1H3,(H,18,19). The van der Waals surface area contributed by atoms with Gasteiger partial charge in [0.05, 0.1) is 17.1 Å². The van der Waals surface area contributed by atoms with Gasteiger partial charge in [0, 0.05) is 20.2 Å². The summed E-state index contributed by atoms with van der Waals surface area (Å²) in [6.07, 6.45) is 3.73. The maximum atomic E-state index is 5.90. The molecule has 1 aliphatic rings. The Hall–Kier alpha value is -1.59. The molecule has 0 bridgehead atoms. The molecule has 0 amide bonds. The smallest absolute Gasteiger partial charge is 0.203 e. The van der Waals surface area contributed by atoms with Gasteiger partial charge in [-0.15, -0.1) is 0 Å². The molecular formula is C16H24N4O. The first-order valence-corrected chi connectivity index (χ1v) is 7.82. The minimum absolute atomic E-state index is 0.446. The lowest BCUT2D eigenvalue weighted by atomic mass is 10.1. The van der Waals surface area contributed by atoms with Gasteiger partial charge in [0.2, 0.25) is 5.95 Å². The maximum absolute atomic E-state index is 5.90. The van der Waals surface area contributed by atoms with Crippen LogP contribution in [0.15, 0.2) is 24.3 Å². The van der Waals surface area contributed by atoms with Crippen molar-refractivity contribution in [2.45, 2.75) is 25.4 Å². The number of fused-ring (bicyclic) bond motifs is 1. The largest absolute Gasteiger partial charge is 0.378 e. The van der Waals surface area contributed by atoms with E-state index in [0.717, 1.165) is 62.5 Å². The van der Waals surface area contributed by atoms with Gasteiger partial charge in [-0.2, -0.15) is 0 Å². The summed E-state index contributed by atoms with van der Waals surface area (Å²) in [4.78, 5) is 4.60. The molecule has 5 heteroatoms. The van der Waals surface area contributed by atoms with E-state index in [1.165, 1.54) is 0 Å². The molecule has 0 spiro atoms. The van der Waals surface area contributed by atoms with Crippen molar-refractivity contribution in [1.29, 1.82) is 0 Å². The van der Waals surface area contributed by atoms with Gasteiger partial charge in [0.15, 0.2) is 0 Å². The van der Waals surface area contributed by atoms with Gasteiger partial charge in [0.1, 0.15) is 0 Å². The van der Waals surface area contributed by atoms with Crippen molar-refractivity contribution in [3.05, 3.63) is 24.3 Å². The van der Waals surface area contributed by atoms with Crippen LogP contribution in [0.1, 0.15) is 19.3 Å². The summed E-state index contributed by atoms with van der Waals surface area (Å²) in [6.45, 7) is 3.88. The Morgan fingerprint density at radius 1 is 1.33 bits per heavy atom. The normalized spacial score (nSPS) is 16.4. The molecule has 1 aliphatic heterocycles. The predicted octanol–water partition coefficient (Wildman–Crippen LogP) is 2.14. The van der Waals surface area contributed by atoms with Crippen LogP contribution in [0.3, 0.4) is 0 Å². The number of hydrogen-bond donors (Lipinski definition) is 2. The minimum Gasteiger partial charge on any atom is -0.378 e. The molecular weight excluding hydrogens is 264 g/mol. The Morgan fingerprint density at radius 3 is 2.95 bits per heavy atom. The second-order valence-electron chi connectivity index (χ2n) is 5.58. The van der Waals surface area contributed by atoms with Crippen LogP contribution in [0, 0.1) is 0 Å². The van der Waals surface area contributed by atoms with E-state index >= 15 is 0 Å². The average molecular weight is 288 g/mol. The Kier molecular flexibility index (Phi) is 4.72. The molecule has 1 saturated heterocycles. The number of benzene rings is 1. The van der Waals surface area contributed by atoms with Gasteiger partial charge in [-0.25, -0.2) is 4.98 Å². The van der Waals surface area contributed by atoms with Crippen LogP contribution in [0.2, 0.25) is 0 Å². The lowest BCUT2D eigenvalue weighted by molar-refractivity contribution is 0.0329. The summed E-state index contributed by atoms with van der Waals surface area (Å²) in [5.74, 6) is 0.929. The summed E-state index contributed by atoms with van der Waals surface area (Å²) in [7, 11) is 2.04. The maximum Gasteiger partial charge on any atom is 0.203 e. The minimum atomic E-state index is 0.446. The molecule has 0 aliphatic carbocycles. The first-order chi connectivity index (χ1) is 10.3. The molecule has 5 nitrogen and oxygen atoms in total. The number of ether oxygens (including phenoxy) is 1. The fourth-order valence-corrected chi connectivity index (χ4v) is 2.79. The number of imidazole rings is 1. The highest BCUT2D eigenvalue weighted by atomic mass is 16.5. The molecule has 1 fully saturated rings. The van der Waals surface area contributed by atoms with E-state index in [4.69, 9.17) is 4.74 Å². The monoisotopic (exact) mass is 288 g/mol. The predicted molar refractivity (Wildman–Crippen MR) is 85.7 cm³/mol. The molecule has 3 rings (SSSR count). The number of anilines is 1. The SMILES string of the molecule is Cn1c(NCCCOC2CCNCC2)nc2ccccc21. The Morgan fingerprint density at radius 2 is 2.14 bits per heavy atom. The van der Waals surface area contributed by atoms with Crippen molar-refractivity contribution in [3.63, 3.8) is 0 Å². The highest BCUT2D eigenvalue weighted by Crippen LogP contribution is 2.17. The zero-order valence-electron chi connectivity index (χ0n) is 12.6. The van der Waals surface area contributed by atoms with E-state index in [1.54, 1.807) is 0 Å². The molecule has 0 unspecified atom stereocenters. The van der Waals surface area contributed by atoms with Crippen molar-refractivity contribution in [1.82, 2.24) is 14.9 Å². The highest BCUT2D eigenvalue weighted by Gasteiger charge is 2.12. The summed E-state index contributed by atoms with van der Waals surface area (Å²) in [6, 6.07) is 8.20. The number of nitrogens with zero attached hydrogens (tertiary/aromatic N) is 2. The van der Waals surface area contributed by atoms with Gasteiger partial charge in [-0.05, 0) is 44.5 Å². The van der Waals surface area contributed by atoms with Crippen LogP contribution in [-0.4, -0.2) is 41.9 Å². The number of aromatic nitrogens is 2. The molecule has 0 atom stereocenters. The van der Waals surface area contributed by atoms with Crippen molar-refractivity contribution in [2.75, 3.05) is 31.6 Å². The van der Waals surface area contributed by atoms with Crippen LogP contribution in [0.25, 0.3) is 11.0 Å². The quantitative estimate of drug-likeness (QED) is 0.800. The first kappa shape index (κ1) is 14.4. The molecule has 0 saturated carbocycles. The van der Waals surface area contributed by atoms with Crippen LogP contribution in [0.4, 0.5) is 5.95 Å². The number of rotatable bonds is 6. The van der Waals surface area contributed by atoms with Crippen molar-refractivity contribution < 1.29 is 4.74 Å². The summed E-state index contributed by atoms with van der Waals surface area (Å²) in [5, 5.41) is 6.75. The number of nitrogens with one attached hydrogen (secondary N) is 2. The molecule has 0 radical (unpaired) electrons. The van der Waals surface area contributed by atoms with Crippen LogP contribution in [0.5, 0.6) is 0 Å². The fraction of sp³-hybridized carbons (Fsp3) is 0.562. The van der Waals surface area contributed by atoms with Crippen molar-refractivity contribution >= 4 is 17.0 Å². The Balaban J connectivity index is 1.43. The first-order valence-electron chi connectivity index (χ1n) is 7.82. The van der Waals surface area contributed by atoms with Gasteiger partial charge in [0.25, 0.3) is 0 Å². The molecule has 2 aromatic rings. The Bertz CT molecular complexity index is 575. The van der Waals surface area contributed by atoms with E-state index in [9.17, 15) is 0 Å². The fourth-order valence-electron chi connectivity index (χ4n) is 2.79. The topological polar surface area (TPSA) is 51.1 Å². The number of para-hydroxylation sites is 2. The van der Waals surface area contributed by atoms with E-state index in [1.807, 2.05) is 25.2 Å². The van der Waals surface area contributed by atoms with Crippen molar-refractivity contribution in [2.24, 2.45) is 7.05 Å². The highest BCUT2D eigenvalue weighted by molar-refractivity contribution is 5.78. The number of hydrogen-bond acceptors (Lipinski definition) is 4. The van der Waals surface area contributed by atoms with Gasteiger partial charge in [-0.3, -0.25) is 0 Å². The number of aryl methyl sites for hydroxylation is 1. The van der Waals surface area contributed by atoms with Gasteiger partial charge in [-0.1, -0.05) is 12.1 Å². The van der Waals surface area contributed by atoms with Crippen LogP contribution < -0.4 is 10.6 Å². The third-order valence-electron chi connectivity index (χ3n) is 4.03. The molecule has 1 aromatic heterocycles.